The lowest BCUT2D eigenvalue weighted by atomic mass is 10.0. The molecule has 0 aromatic heterocycles. The van der Waals surface area contributed by atoms with E-state index in [0.29, 0.717) is 25.0 Å². The highest BCUT2D eigenvalue weighted by Crippen LogP contribution is 2.22. The van der Waals surface area contributed by atoms with Crippen LogP contribution in [0.25, 0.3) is 0 Å². The number of rotatable bonds is 7. The van der Waals surface area contributed by atoms with Crippen molar-refractivity contribution in [1.82, 2.24) is 13.9 Å². The minimum atomic E-state index is -3.33. The predicted octanol–water partition coefficient (Wildman–Crippen LogP) is 1.67. The summed E-state index contributed by atoms with van der Waals surface area (Å²) in [6.07, 6.45) is 3.03. The fraction of sp³-hybridized carbons (Fsp3) is 1.00. The predicted molar refractivity (Wildman–Crippen MR) is 83.9 cm³/mol. The molecule has 1 aliphatic heterocycles. The van der Waals surface area contributed by atoms with E-state index >= 15 is 0 Å². The first-order chi connectivity index (χ1) is 9.25. The molecule has 6 heteroatoms. The second-order valence-corrected chi connectivity index (χ2v) is 8.49. The SMILES string of the molecule is CC(C)CN(C)S(=O)(=O)N1CCCCC1CNC(C)C. The molecule has 0 spiro atoms. The van der Waals surface area contributed by atoms with E-state index in [9.17, 15) is 8.42 Å². The van der Waals surface area contributed by atoms with Gasteiger partial charge in [-0.05, 0) is 18.8 Å². The van der Waals surface area contributed by atoms with Gasteiger partial charge in [-0.3, -0.25) is 0 Å². The summed E-state index contributed by atoms with van der Waals surface area (Å²) >= 11 is 0. The lowest BCUT2D eigenvalue weighted by Gasteiger charge is -2.37. The summed E-state index contributed by atoms with van der Waals surface area (Å²) in [7, 11) is -1.64. The monoisotopic (exact) mass is 305 g/mol. The van der Waals surface area contributed by atoms with E-state index in [4.69, 9.17) is 0 Å². The minimum absolute atomic E-state index is 0.0887. The van der Waals surface area contributed by atoms with Gasteiger partial charge in [0.05, 0.1) is 0 Å². The number of nitrogens with one attached hydrogen (secondary N) is 1. The molecule has 1 N–H and O–H groups in total. The van der Waals surface area contributed by atoms with Crippen molar-refractivity contribution in [2.75, 3.05) is 26.7 Å². The summed E-state index contributed by atoms with van der Waals surface area (Å²) in [6, 6.07) is 0.473. The highest BCUT2D eigenvalue weighted by molar-refractivity contribution is 7.86. The molecular weight excluding hydrogens is 274 g/mol. The lowest BCUT2D eigenvalue weighted by molar-refractivity contribution is 0.225. The smallest absolute Gasteiger partial charge is 0.282 e. The molecule has 20 heavy (non-hydrogen) atoms. The number of piperidine rings is 1. The van der Waals surface area contributed by atoms with Gasteiger partial charge in [0, 0.05) is 38.8 Å². The van der Waals surface area contributed by atoms with E-state index < -0.39 is 10.2 Å². The Morgan fingerprint density at radius 3 is 2.45 bits per heavy atom. The highest BCUT2D eigenvalue weighted by atomic mass is 32.2. The summed E-state index contributed by atoms with van der Waals surface area (Å²) in [5, 5.41) is 3.37. The van der Waals surface area contributed by atoms with Gasteiger partial charge in [-0.25, -0.2) is 0 Å². The van der Waals surface area contributed by atoms with Crippen LogP contribution >= 0.6 is 0 Å². The standard InChI is InChI=1S/C14H31N3O2S/c1-12(2)11-16(5)20(18,19)17-9-7-6-8-14(17)10-15-13(3)4/h12-15H,6-11H2,1-5H3. The summed E-state index contributed by atoms with van der Waals surface area (Å²) in [5.41, 5.74) is 0. The fourth-order valence-corrected chi connectivity index (χ4v) is 4.40. The van der Waals surface area contributed by atoms with Crippen molar-refractivity contribution >= 4 is 10.2 Å². The van der Waals surface area contributed by atoms with Gasteiger partial charge in [0.1, 0.15) is 0 Å². The van der Waals surface area contributed by atoms with Crippen LogP contribution in [0.15, 0.2) is 0 Å². The van der Waals surface area contributed by atoms with Crippen molar-refractivity contribution in [3.8, 4) is 0 Å². The Labute approximate surface area is 124 Å². The van der Waals surface area contributed by atoms with Gasteiger partial charge in [0.25, 0.3) is 10.2 Å². The third-order valence-electron chi connectivity index (χ3n) is 3.65. The molecule has 1 heterocycles. The molecule has 0 aromatic rings. The summed E-state index contributed by atoms with van der Waals surface area (Å²) in [6.45, 7) is 10.2. The maximum Gasteiger partial charge on any atom is 0.282 e. The van der Waals surface area contributed by atoms with Gasteiger partial charge < -0.3 is 5.32 Å². The molecule has 120 valence electrons. The van der Waals surface area contributed by atoms with Crippen LogP contribution in [0.1, 0.15) is 47.0 Å². The Balaban J connectivity index is 2.77. The second kappa shape index (κ2) is 7.73. The molecule has 5 nitrogen and oxygen atoms in total. The van der Waals surface area contributed by atoms with Crippen molar-refractivity contribution in [2.24, 2.45) is 5.92 Å². The van der Waals surface area contributed by atoms with Gasteiger partial charge in [-0.1, -0.05) is 34.1 Å². The maximum absolute atomic E-state index is 12.7. The molecule has 0 bridgehead atoms. The zero-order valence-corrected chi connectivity index (χ0v) is 14.4. The quantitative estimate of drug-likeness (QED) is 0.778. The first-order valence-electron chi connectivity index (χ1n) is 7.71. The van der Waals surface area contributed by atoms with Gasteiger partial charge in [-0.15, -0.1) is 0 Å². The van der Waals surface area contributed by atoms with Crippen molar-refractivity contribution < 1.29 is 8.42 Å². The van der Waals surface area contributed by atoms with E-state index in [1.54, 1.807) is 11.4 Å². The van der Waals surface area contributed by atoms with E-state index in [1.807, 2.05) is 13.8 Å². The van der Waals surface area contributed by atoms with E-state index in [-0.39, 0.29) is 6.04 Å². The third kappa shape index (κ3) is 4.98. The maximum atomic E-state index is 12.7. The van der Waals surface area contributed by atoms with Crippen LogP contribution < -0.4 is 5.32 Å². The van der Waals surface area contributed by atoms with Crippen LogP contribution in [0.4, 0.5) is 0 Å². The Hall–Kier alpha value is -0.170. The summed E-state index contributed by atoms with van der Waals surface area (Å²) in [4.78, 5) is 0. The van der Waals surface area contributed by atoms with Gasteiger partial charge in [0.2, 0.25) is 0 Å². The number of hydrogen-bond acceptors (Lipinski definition) is 3. The molecule has 1 atom stereocenters. The largest absolute Gasteiger partial charge is 0.313 e. The van der Waals surface area contributed by atoms with Gasteiger partial charge in [0.15, 0.2) is 0 Å². The van der Waals surface area contributed by atoms with Crippen molar-refractivity contribution in [3.05, 3.63) is 0 Å². The van der Waals surface area contributed by atoms with Crippen LogP contribution in [0.5, 0.6) is 0 Å². The van der Waals surface area contributed by atoms with Crippen LogP contribution in [0, 0.1) is 5.92 Å². The van der Waals surface area contributed by atoms with Crippen LogP contribution in [0.3, 0.4) is 0 Å². The molecule has 0 aromatic carbocycles. The van der Waals surface area contributed by atoms with Crippen LogP contribution in [-0.2, 0) is 10.2 Å². The van der Waals surface area contributed by atoms with Crippen LogP contribution in [0.2, 0.25) is 0 Å². The second-order valence-electron chi connectivity index (χ2n) is 6.51. The van der Waals surface area contributed by atoms with E-state index in [0.717, 1.165) is 25.8 Å². The molecule has 0 amide bonds. The average Bonchev–Trinajstić information content (AvgIpc) is 2.35. The molecule has 1 saturated heterocycles. The van der Waals surface area contributed by atoms with Crippen molar-refractivity contribution in [3.63, 3.8) is 0 Å². The molecule has 1 unspecified atom stereocenters. The molecule has 1 rings (SSSR count). The molecular formula is C14H31N3O2S. The topological polar surface area (TPSA) is 52.7 Å². The summed E-state index contributed by atoms with van der Waals surface area (Å²) in [5.74, 6) is 0.340. The molecule has 0 radical (unpaired) electrons. The van der Waals surface area contributed by atoms with Gasteiger partial charge >= 0.3 is 0 Å². The lowest BCUT2D eigenvalue weighted by Crippen LogP contribution is -2.53. The normalized spacial score (nSPS) is 22.1. The number of hydrogen-bond donors (Lipinski definition) is 1. The first-order valence-corrected chi connectivity index (χ1v) is 9.11. The third-order valence-corrected chi connectivity index (χ3v) is 5.66. The average molecular weight is 305 g/mol. The molecule has 1 aliphatic rings. The van der Waals surface area contributed by atoms with Gasteiger partial charge in [-0.2, -0.15) is 17.0 Å². The Kier molecular flexibility index (Phi) is 6.91. The zero-order chi connectivity index (χ0) is 15.3. The van der Waals surface area contributed by atoms with E-state index in [2.05, 4.69) is 19.2 Å². The minimum Gasteiger partial charge on any atom is -0.313 e. The summed E-state index contributed by atoms with van der Waals surface area (Å²) < 4.78 is 28.6. The van der Waals surface area contributed by atoms with Crippen LogP contribution in [-0.4, -0.2) is 55.8 Å². The fourth-order valence-electron chi connectivity index (χ4n) is 2.64. The zero-order valence-electron chi connectivity index (χ0n) is 13.6. The van der Waals surface area contributed by atoms with Crippen molar-refractivity contribution in [1.29, 1.82) is 0 Å². The first kappa shape index (κ1) is 17.9. The Bertz CT molecular complexity index is 382. The molecule has 0 aliphatic carbocycles. The molecule has 0 saturated carbocycles. The highest BCUT2D eigenvalue weighted by Gasteiger charge is 2.34. The van der Waals surface area contributed by atoms with Crippen molar-refractivity contribution in [2.45, 2.75) is 59.0 Å². The Morgan fingerprint density at radius 2 is 1.90 bits per heavy atom. The molecule has 1 fully saturated rings. The Morgan fingerprint density at radius 1 is 1.25 bits per heavy atom. The number of nitrogens with zero attached hydrogens (tertiary/aromatic N) is 2. The van der Waals surface area contributed by atoms with E-state index in [1.165, 1.54) is 4.31 Å².